The minimum absolute atomic E-state index is 0. The van der Waals surface area contributed by atoms with Gasteiger partial charge in [-0.2, -0.15) is 0 Å². The number of hydrogen-bond donors (Lipinski definition) is 1. The van der Waals surface area contributed by atoms with Crippen LogP contribution < -0.4 is 4.90 Å². The molecule has 0 fully saturated rings. The molecule has 0 aliphatic heterocycles. The minimum atomic E-state index is -0.368. The van der Waals surface area contributed by atoms with Crippen LogP contribution in [0.25, 0.3) is 21.1 Å². The molecule has 2 aromatic carbocycles. The number of fused-ring (bicyclic) bond motifs is 2. The predicted molar refractivity (Wildman–Crippen MR) is 120 cm³/mol. The Labute approximate surface area is 178 Å². The first kappa shape index (κ1) is 21.2. The molecule has 0 aliphatic rings. The van der Waals surface area contributed by atoms with Gasteiger partial charge in [-0.25, -0.2) is 9.37 Å². The molecular formula is C21H22ClFN4OS. The van der Waals surface area contributed by atoms with Crippen molar-refractivity contribution in [3.05, 3.63) is 60.0 Å². The average molecular weight is 433 g/mol. The molecule has 2 heterocycles. The second-order valence-corrected chi connectivity index (χ2v) is 7.95. The van der Waals surface area contributed by atoms with Gasteiger partial charge in [0.2, 0.25) is 0 Å². The number of aromatic nitrogens is 2. The largest absolute Gasteiger partial charge is 0.360 e. The van der Waals surface area contributed by atoms with Crippen LogP contribution in [0.2, 0.25) is 0 Å². The van der Waals surface area contributed by atoms with Gasteiger partial charge in [0.1, 0.15) is 11.3 Å². The first-order chi connectivity index (χ1) is 13.5. The number of benzene rings is 2. The predicted octanol–water partition coefficient (Wildman–Crippen LogP) is 4.94. The normalized spacial score (nSPS) is 11.2. The van der Waals surface area contributed by atoms with Crippen LogP contribution in [0, 0.1) is 5.82 Å². The zero-order valence-corrected chi connectivity index (χ0v) is 17.8. The summed E-state index contributed by atoms with van der Waals surface area (Å²) in [6, 6.07) is 12.6. The number of anilines is 1. The number of hydrogen-bond acceptors (Lipinski definition) is 4. The summed E-state index contributed by atoms with van der Waals surface area (Å²) in [6.07, 6.45) is 2.53. The Bertz CT molecular complexity index is 1140. The number of thiazole rings is 1. The van der Waals surface area contributed by atoms with Gasteiger partial charge in [0.15, 0.2) is 5.13 Å². The smallest absolute Gasteiger partial charge is 0.262 e. The van der Waals surface area contributed by atoms with E-state index in [9.17, 15) is 9.18 Å². The van der Waals surface area contributed by atoms with E-state index >= 15 is 0 Å². The minimum Gasteiger partial charge on any atom is -0.360 e. The van der Waals surface area contributed by atoms with Gasteiger partial charge in [-0.05, 0) is 45.3 Å². The van der Waals surface area contributed by atoms with Gasteiger partial charge in [-0.15, -0.1) is 12.4 Å². The third-order valence-electron chi connectivity index (χ3n) is 4.64. The van der Waals surface area contributed by atoms with Crippen molar-refractivity contribution >= 4 is 55.9 Å². The average Bonchev–Trinajstić information content (AvgIpc) is 3.29. The number of H-pyrrole nitrogens is 1. The highest BCUT2D eigenvalue weighted by molar-refractivity contribution is 7.22. The van der Waals surface area contributed by atoms with Crippen molar-refractivity contribution in [1.29, 1.82) is 0 Å². The summed E-state index contributed by atoms with van der Waals surface area (Å²) in [5.41, 5.74) is 1.82. The van der Waals surface area contributed by atoms with Gasteiger partial charge < -0.3 is 9.88 Å². The summed E-state index contributed by atoms with van der Waals surface area (Å²) in [7, 11) is 4.00. The molecular weight excluding hydrogens is 411 g/mol. The summed E-state index contributed by atoms with van der Waals surface area (Å²) in [5.74, 6) is -0.497. The maximum Gasteiger partial charge on any atom is 0.262 e. The Morgan fingerprint density at radius 3 is 2.69 bits per heavy atom. The summed E-state index contributed by atoms with van der Waals surface area (Å²) >= 11 is 1.34. The lowest BCUT2D eigenvalue weighted by molar-refractivity contribution is 0.0987. The number of rotatable bonds is 6. The van der Waals surface area contributed by atoms with Crippen molar-refractivity contribution in [2.24, 2.45) is 0 Å². The molecule has 2 aromatic heterocycles. The van der Waals surface area contributed by atoms with Crippen LogP contribution in [0.4, 0.5) is 9.52 Å². The number of aromatic amines is 1. The molecule has 152 valence electrons. The highest BCUT2D eigenvalue weighted by Gasteiger charge is 2.24. The van der Waals surface area contributed by atoms with E-state index in [0.717, 1.165) is 28.6 Å². The zero-order chi connectivity index (χ0) is 19.7. The van der Waals surface area contributed by atoms with Crippen LogP contribution in [0.3, 0.4) is 0 Å². The van der Waals surface area contributed by atoms with Crippen LogP contribution in [-0.4, -0.2) is 48.0 Å². The quantitative estimate of drug-likeness (QED) is 0.469. The van der Waals surface area contributed by atoms with Crippen molar-refractivity contribution in [3.63, 3.8) is 0 Å². The lowest BCUT2D eigenvalue weighted by atomic mass is 10.1. The maximum absolute atomic E-state index is 14.1. The van der Waals surface area contributed by atoms with Crippen LogP contribution in [0.15, 0.2) is 48.7 Å². The zero-order valence-electron chi connectivity index (χ0n) is 16.2. The van der Waals surface area contributed by atoms with E-state index in [1.807, 2.05) is 44.4 Å². The highest BCUT2D eigenvalue weighted by atomic mass is 35.5. The monoisotopic (exact) mass is 432 g/mol. The summed E-state index contributed by atoms with van der Waals surface area (Å²) in [5, 5.41) is 1.39. The number of para-hydroxylation sites is 2. The third-order valence-corrected chi connectivity index (χ3v) is 5.68. The van der Waals surface area contributed by atoms with Gasteiger partial charge in [-0.3, -0.25) is 9.69 Å². The van der Waals surface area contributed by atoms with Crippen molar-refractivity contribution in [2.45, 2.75) is 6.42 Å². The molecule has 0 saturated heterocycles. The molecule has 4 aromatic rings. The molecule has 5 nitrogen and oxygen atoms in total. The molecule has 0 spiro atoms. The molecule has 1 N–H and O–H groups in total. The Morgan fingerprint density at radius 2 is 1.93 bits per heavy atom. The SMILES string of the molecule is CN(C)CCCN(C(=O)c1c[nH]c2ccccc12)c1nc2c(F)cccc2s1.Cl. The second kappa shape index (κ2) is 8.90. The van der Waals surface area contributed by atoms with Gasteiger partial charge >= 0.3 is 0 Å². The summed E-state index contributed by atoms with van der Waals surface area (Å²) in [6.45, 7) is 1.36. The van der Waals surface area contributed by atoms with Gasteiger partial charge in [-0.1, -0.05) is 35.6 Å². The maximum atomic E-state index is 14.1. The fraction of sp³-hybridized carbons (Fsp3) is 0.238. The molecule has 4 rings (SSSR count). The number of nitrogens with one attached hydrogen (secondary N) is 1. The molecule has 0 atom stereocenters. The van der Waals surface area contributed by atoms with Crippen LogP contribution in [0.1, 0.15) is 16.8 Å². The summed E-state index contributed by atoms with van der Waals surface area (Å²) in [4.78, 5) is 24.8. The van der Waals surface area contributed by atoms with Gasteiger partial charge in [0.25, 0.3) is 5.91 Å². The van der Waals surface area contributed by atoms with Gasteiger partial charge in [0.05, 0.1) is 10.3 Å². The third kappa shape index (κ3) is 4.27. The molecule has 0 bridgehead atoms. The van der Waals surface area contributed by atoms with E-state index in [1.165, 1.54) is 17.4 Å². The first-order valence-corrected chi connectivity index (χ1v) is 9.94. The Balaban J connectivity index is 0.00000240. The number of carbonyl (C=O) groups excluding carboxylic acids is 1. The van der Waals surface area contributed by atoms with E-state index in [-0.39, 0.29) is 24.1 Å². The molecule has 0 unspecified atom stereocenters. The Kier molecular flexibility index (Phi) is 6.52. The number of nitrogens with zero attached hydrogens (tertiary/aromatic N) is 3. The molecule has 0 aliphatic carbocycles. The van der Waals surface area contributed by atoms with E-state index in [4.69, 9.17) is 0 Å². The molecule has 29 heavy (non-hydrogen) atoms. The fourth-order valence-corrected chi connectivity index (χ4v) is 4.25. The fourth-order valence-electron chi connectivity index (χ4n) is 3.24. The van der Waals surface area contributed by atoms with Crippen LogP contribution in [0.5, 0.6) is 0 Å². The van der Waals surface area contributed by atoms with E-state index in [1.54, 1.807) is 17.2 Å². The number of amides is 1. The standard InChI is InChI=1S/C21H21FN4OS.ClH/c1-25(2)11-6-12-26(21-24-19-16(22)8-5-10-18(19)28-21)20(27)15-13-23-17-9-4-3-7-14(15)17;/h3-5,7-10,13,23H,6,11-12H2,1-2H3;1H. The van der Waals surface area contributed by atoms with Crippen LogP contribution >= 0.6 is 23.7 Å². The van der Waals surface area contributed by atoms with Crippen molar-refractivity contribution in [1.82, 2.24) is 14.9 Å². The van der Waals surface area contributed by atoms with E-state index in [2.05, 4.69) is 14.9 Å². The van der Waals surface area contributed by atoms with Crippen molar-refractivity contribution < 1.29 is 9.18 Å². The topological polar surface area (TPSA) is 52.2 Å². The second-order valence-electron chi connectivity index (χ2n) is 6.94. The van der Waals surface area contributed by atoms with E-state index < -0.39 is 0 Å². The van der Waals surface area contributed by atoms with Gasteiger partial charge in [0, 0.05) is 23.6 Å². The lowest BCUT2D eigenvalue weighted by Crippen LogP contribution is -2.33. The molecule has 1 amide bonds. The Hall–Kier alpha value is -2.48. The van der Waals surface area contributed by atoms with Crippen molar-refractivity contribution in [3.8, 4) is 0 Å². The molecule has 0 radical (unpaired) electrons. The highest BCUT2D eigenvalue weighted by Crippen LogP contribution is 2.32. The first-order valence-electron chi connectivity index (χ1n) is 9.12. The number of carbonyl (C=O) groups is 1. The van der Waals surface area contributed by atoms with Crippen molar-refractivity contribution in [2.75, 3.05) is 32.1 Å². The lowest BCUT2D eigenvalue weighted by Gasteiger charge is -2.20. The Morgan fingerprint density at radius 1 is 1.14 bits per heavy atom. The van der Waals surface area contributed by atoms with E-state index in [0.29, 0.717) is 22.8 Å². The summed E-state index contributed by atoms with van der Waals surface area (Å²) < 4.78 is 14.9. The molecule has 8 heteroatoms. The molecule has 0 saturated carbocycles. The van der Waals surface area contributed by atoms with Crippen LogP contribution in [-0.2, 0) is 0 Å². The number of halogens is 2.